The fraction of sp³-hybridized carbons (Fsp3) is 0.400. The third-order valence-electron chi connectivity index (χ3n) is 4.11. The largest absolute Gasteiger partial charge is 0.337 e. The molecule has 0 spiro atoms. The molecule has 0 radical (unpaired) electrons. The number of sulfone groups is 1. The molecule has 1 amide bonds. The molecule has 0 saturated carbocycles. The Kier molecular flexibility index (Phi) is 3.53. The van der Waals surface area contributed by atoms with Gasteiger partial charge in [0.15, 0.2) is 9.84 Å². The Morgan fingerprint density at radius 1 is 1.33 bits per heavy atom. The maximum Gasteiger partial charge on any atom is 0.264 e. The first kappa shape index (κ1) is 14.5. The molecule has 112 valence electrons. The molecule has 6 heteroatoms. The van der Waals surface area contributed by atoms with Crippen molar-refractivity contribution in [2.75, 3.05) is 18.6 Å². The monoisotopic (exact) mass is 323 g/mol. The van der Waals surface area contributed by atoms with Crippen LogP contribution < -0.4 is 0 Å². The van der Waals surface area contributed by atoms with Crippen molar-refractivity contribution in [3.8, 4) is 0 Å². The van der Waals surface area contributed by atoms with Gasteiger partial charge >= 0.3 is 0 Å². The predicted octanol–water partition coefficient (Wildman–Crippen LogP) is 2.47. The maximum absolute atomic E-state index is 12.7. The number of carbonyl (C=O) groups is 1. The molecular weight excluding hydrogens is 306 g/mol. The van der Waals surface area contributed by atoms with Crippen molar-refractivity contribution in [1.29, 1.82) is 0 Å². The second kappa shape index (κ2) is 5.10. The minimum atomic E-state index is -2.98. The Balaban J connectivity index is 1.92. The van der Waals surface area contributed by atoms with E-state index in [9.17, 15) is 13.2 Å². The van der Waals surface area contributed by atoms with Gasteiger partial charge in [0.25, 0.3) is 5.91 Å². The lowest BCUT2D eigenvalue weighted by Gasteiger charge is -2.23. The fourth-order valence-corrected chi connectivity index (χ4v) is 5.75. The molecule has 1 aromatic carbocycles. The second-order valence-corrected chi connectivity index (χ2v) is 8.81. The van der Waals surface area contributed by atoms with Crippen LogP contribution in [0.1, 0.15) is 21.7 Å². The quantitative estimate of drug-likeness (QED) is 0.853. The van der Waals surface area contributed by atoms with Crippen LogP contribution in [0.15, 0.2) is 24.3 Å². The van der Waals surface area contributed by atoms with Crippen LogP contribution in [0.2, 0.25) is 0 Å². The summed E-state index contributed by atoms with van der Waals surface area (Å²) in [5.41, 5.74) is 0.980. The first-order valence-corrected chi connectivity index (χ1v) is 9.48. The first-order valence-electron chi connectivity index (χ1n) is 6.85. The van der Waals surface area contributed by atoms with Crippen molar-refractivity contribution in [2.45, 2.75) is 19.4 Å². The summed E-state index contributed by atoms with van der Waals surface area (Å²) in [4.78, 5) is 15.0. The lowest BCUT2D eigenvalue weighted by Crippen LogP contribution is -2.37. The van der Waals surface area contributed by atoms with Crippen LogP contribution in [0, 0.1) is 6.92 Å². The van der Waals surface area contributed by atoms with Crippen LogP contribution >= 0.6 is 11.3 Å². The van der Waals surface area contributed by atoms with Crippen molar-refractivity contribution >= 4 is 37.2 Å². The molecule has 0 aliphatic carbocycles. The van der Waals surface area contributed by atoms with Crippen molar-refractivity contribution in [3.05, 3.63) is 34.7 Å². The molecule has 1 fully saturated rings. The number of hydrogen-bond donors (Lipinski definition) is 0. The molecule has 3 rings (SSSR count). The molecule has 1 aliphatic rings. The Morgan fingerprint density at radius 2 is 2.05 bits per heavy atom. The lowest BCUT2D eigenvalue weighted by atomic mass is 10.1. The van der Waals surface area contributed by atoms with Crippen molar-refractivity contribution in [1.82, 2.24) is 4.90 Å². The Hall–Kier alpha value is -1.40. The van der Waals surface area contributed by atoms with Gasteiger partial charge in [0, 0.05) is 17.8 Å². The molecule has 21 heavy (non-hydrogen) atoms. The minimum Gasteiger partial charge on any atom is -0.337 e. The van der Waals surface area contributed by atoms with E-state index in [1.165, 1.54) is 11.3 Å². The molecule has 1 saturated heterocycles. The smallest absolute Gasteiger partial charge is 0.264 e. The van der Waals surface area contributed by atoms with Gasteiger partial charge in [0.2, 0.25) is 0 Å². The van der Waals surface area contributed by atoms with E-state index in [1.54, 1.807) is 11.9 Å². The average Bonchev–Trinajstić information content (AvgIpc) is 2.98. The topological polar surface area (TPSA) is 54.5 Å². The third-order valence-corrected chi connectivity index (χ3v) is 7.13. The number of fused-ring (bicyclic) bond motifs is 1. The standard InChI is InChI=1S/C15H17NO3S2/c1-10-12-5-3-4-6-13(12)20-14(10)15(17)16(2)11-7-8-21(18,19)9-11/h3-6,11H,7-9H2,1-2H3. The van der Waals surface area contributed by atoms with Gasteiger partial charge in [-0.05, 0) is 30.4 Å². The zero-order chi connectivity index (χ0) is 15.2. The molecule has 2 aromatic rings. The molecule has 4 nitrogen and oxygen atoms in total. The number of thiophene rings is 1. The van der Waals surface area contributed by atoms with Crippen LogP contribution in [0.5, 0.6) is 0 Å². The number of aryl methyl sites for hydroxylation is 1. The summed E-state index contributed by atoms with van der Waals surface area (Å²) in [5.74, 6) is 0.190. The molecule has 1 atom stereocenters. The van der Waals surface area contributed by atoms with Crippen LogP contribution in [-0.4, -0.2) is 43.8 Å². The third kappa shape index (κ3) is 2.58. The van der Waals surface area contributed by atoms with E-state index >= 15 is 0 Å². The van der Waals surface area contributed by atoms with Gasteiger partial charge in [-0.1, -0.05) is 18.2 Å². The van der Waals surface area contributed by atoms with E-state index in [2.05, 4.69) is 0 Å². The summed E-state index contributed by atoms with van der Waals surface area (Å²) in [6.07, 6.45) is 0.536. The highest BCUT2D eigenvalue weighted by atomic mass is 32.2. The molecule has 0 bridgehead atoms. The zero-order valence-electron chi connectivity index (χ0n) is 12.0. The number of rotatable bonds is 2. The number of nitrogens with zero attached hydrogens (tertiary/aromatic N) is 1. The minimum absolute atomic E-state index is 0.0733. The van der Waals surface area contributed by atoms with Crippen molar-refractivity contribution in [2.24, 2.45) is 0 Å². The zero-order valence-corrected chi connectivity index (χ0v) is 13.6. The van der Waals surface area contributed by atoms with E-state index in [-0.39, 0.29) is 23.5 Å². The molecule has 0 N–H and O–H groups in total. The van der Waals surface area contributed by atoms with E-state index in [0.29, 0.717) is 11.3 Å². The average molecular weight is 323 g/mol. The number of amides is 1. The highest BCUT2D eigenvalue weighted by molar-refractivity contribution is 7.91. The van der Waals surface area contributed by atoms with Crippen molar-refractivity contribution < 1.29 is 13.2 Å². The Bertz CT molecular complexity index is 807. The number of benzene rings is 1. The highest BCUT2D eigenvalue weighted by Crippen LogP contribution is 2.32. The normalized spacial score (nSPS) is 20.8. The van der Waals surface area contributed by atoms with Gasteiger partial charge in [0.1, 0.15) is 0 Å². The van der Waals surface area contributed by atoms with E-state index in [4.69, 9.17) is 0 Å². The lowest BCUT2D eigenvalue weighted by molar-refractivity contribution is 0.0752. The fourth-order valence-electron chi connectivity index (χ4n) is 2.79. The molecule has 1 unspecified atom stereocenters. The van der Waals surface area contributed by atoms with E-state index in [1.807, 2.05) is 31.2 Å². The van der Waals surface area contributed by atoms with Crippen LogP contribution in [0.25, 0.3) is 10.1 Å². The van der Waals surface area contributed by atoms with E-state index < -0.39 is 9.84 Å². The summed E-state index contributed by atoms with van der Waals surface area (Å²) in [6.45, 7) is 1.95. The summed E-state index contributed by atoms with van der Waals surface area (Å²) in [6, 6.07) is 7.73. The van der Waals surface area contributed by atoms with Crippen molar-refractivity contribution in [3.63, 3.8) is 0 Å². The number of carbonyl (C=O) groups excluding carboxylic acids is 1. The van der Waals surface area contributed by atoms with Gasteiger partial charge < -0.3 is 4.90 Å². The molecule has 2 heterocycles. The van der Waals surface area contributed by atoms with Gasteiger partial charge in [-0.15, -0.1) is 11.3 Å². The SMILES string of the molecule is Cc1c(C(=O)N(C)C2CCS(=O)(=O)C2)sc2ccccc12. The van der Waals surface area contributed by atoms with Gasteiger partial charge in [-0.25, -0.2) is 8.42 Å². The Morgan fingerprint density at radius 3 is 2.67 bits per heavy atom. The highest BCUT2D eigenvalue weighted by Gasteiger charge is 2.33. The van der Waals surface area contributed by atoms with Crippen LogP contribution in [0.4, 0.5) is 0 Å². The van der Waals surface area contributed by atoms with Crippen LogP contribution in [0.3, 0.4) is 0 Å². The van der Waals surface area contributed by atoms with Gasteiger partial charge in [-0.3, -0.25) is 4.79 Å². The summed E-state index contributed by atoms with van der Waals surface area (Å²) >= 11 is 1.48. The molecule has 1 aliphatic heterocycles. The first-order chi connectivity index (χ1) is 9.89. The van der Waals surface area contributed by atoms with Gasteiger partial charge in [-0.2, -0.15) is 0 Å². The molecule has 1 aromatic heterocycles. The Labute approximate surface area is 128 Å². The van der Waals surface area contributed by atoms with E-state index in [0.717, 1.165) is 15.6 Å². The van der Waals surface area contributed by atoms with Crippen LogP contribution in [-0.2, 0) is 9.84 Å². The predicted molar refractivity (Wildman–Crippen MR) is 85.7 cm³/mol. The number of hydrogen-bond acceptors (Lipinski definition) is 4. The summed E-state index contributed by atoms with van der Waals surface area (Å²) in [5, 5.41) is 1.10. The second-order valence-electron chi connectivity index (χ2n) is 5.53. The van der Waals surface area contributed by atoms with Gasteiger partial charge in [0.05, 0.1) is 16.4 Å². The molecular formula is C15H17NO3S2. The summed E-state index contributed by atoms with van der Waals surface area (Å²) in [7, 11) is -1.28. The summed E-state index contributed by atoms with van der Waals surface area (Å²) < 4.78 is 24.2. The maximum atomic E-state index is 12.7.